The summed E-state index contributed by atoms with van der Waals surface area (Å²) in [5.74, 6) is -2.79. The van der Waals surface area contributed by atoms with E-state index in [1.807, 2.05) is 0 Å². The molecular formula is C12H18O11. The van der Waals surface area contributed by atoms with Crippen LogP contribution in [0.15, 0.2) is 11.5 Å². The normalized spacial score (nSPS) is 39.3. The third kappa shape index (κ3) is 3.26. The lowest BCUT2D eigenvalue weighted by molar-refractivity contribution is -0.291. The quantitative estimate of drug-likeness (QED) is 0.241. The van der Waals surface area contributed by atoms with E-state index in [4.69, 9.17) is 19.7 Å². The molecule has 1 fully saturated rings. The van der Waals surface area contributed by atoms with E-state index < -0.39 is 73.6 Å². The number of cyclic esters (lactones) is 1. The zero-order valence-corrected chi connectivity index (χ0v) is 11.7. The molecule has 2 rings (SSSR count). The molecule has 132 valence electrons. The Morgan fingerprint density at radius 1 is 1.13 bits per heavy atom. The van der Waals surface area contributed by atoms with Crippen molar-refractivity contribution in [2.75, 3.05) is 13.2 Å². The van der Waals surface area contributed by atoms with Crippen LogP contribution >= 0.6 is 0 Å². The summed E-state index contributed by atoms with van der Waals surface area (Å²) < 4.78 is 14.6. The fourth-order valence-corrected chi connectivity index (χ4v) is 2.20. The standard InChI is InChI=1S/C12H18O11/c13-1-3(15)9-8(19)10(11(20)22-9)23-12-7(18)6(17)5(16)4(2-14)21-12/h3-7,9,12-19H,1-2H2/t3-,4?,5+,6?,7+,9?,12+/m0/s1. The molecule has 11 nitrogen and oxygen atoms in total. The lowest BCUT2D eigenvalue weighted by Crippen LogP contribution is -2.59. The van der Waals surface area contributed by atoms with Gasteiger partial charge in [0.05, 0.1) is 13.2 Å². The third-order valence-electron chi connectivity index (χ3n) is 3.54. The van der Waals surface area contributed by atoms with Crippen molar-refractivity contribution in [3.05, 3.63) is 11.5 Å². The Bertz CT molecular complexity index is 476. The van der Waals surface area contributed by atoms with Gasteiger partial charge in [-0.15, -0.1) is 0 Å². The van der Waals surface area contributed by atoms with Crippen LogP contribution in [0.2, 0.25) is 0 Å². The molecule has 7 N–H and O–H groups in total. The maximum atomic E-state index is 11.6. The molecule has 0 spiro atoms. The topological polar surface area (TPSA) is 186 Å². The smallest absolute Gasteiger partial charge is 0.378 e. The maximum absolute atomic E-state index is 11.6. The Kier molecular flexibility index (Phi) is 5.41. The molecule has 0 aliphatic carbocycles. The Morgan fingerprint density at radius 2 is 1.78 bits per heavy atom. The lowest BCUT2D eigenvalue weighted by atomic mass is 9.99. The van der Waals surface area contributed by atoms with Gasteiger partial charge in [-0.25, -0.2) is 4.79 Å². The average molecular weight is 338 g/mol. The zero-order chi connectivity index (χ0) is 17.3. The van der Waals surface area contributed by atoms with Gasteiger partial charge in [-0.1, -0.05) is 0 Å². The number of carbonyl (C=O) groups excluding carboxylic acids is 1. The molecular weight excluding hydrogens is 320 g/mol. The number of aliphatic hydroxyl groups excluding tert-OH is 7. The monoisotopic (exact) mass is 338 g/mol. The van der Waals surface area contributed by atoms with Gasteiger partial charge in [0.2, 0.25) is 12.0 Å². The van der Waals surface area contributed by atoms with Gasteiger partial charge in [0, 0.05) is 0 Å². The molecule has 1 saturated heterocycles. The van der Waals surface area contributed by atoms with Crippen LogP contribution < -0.4 is 0 Å². The van der Waals surface area contributed by atoms with Crippen LogP contribution in [0, 0.1) is 0 Å². The number of hydrogen-bond acceptors (Lipinski definition) is 11. The van der Waals surface area contributed by atoms with Crippen LogP contribution in [0.4, 0.5) is 0 Å². The highest BCUT2D eigenvalue weighted by Crippen LogP contribution is 2.29. The second kappa shape index (κ2) is 6.97. The van der Waals surface area contributed by atoms with Gasteiger partial charge >= 0.3 is 5.97 Å². The Labute approximate surface area is 129 Å². The van der Waals surface area contributed by atoms with Crippen LogP contribution in [0.25, 0.3) is 0 Å². The molecule has 3 unspecified atom stereocenters. The first-order valence-electron chi connectivity index (χ1n) is 6.72. The van der Waals surface area contributed by atoms with Gasteiger partial charge in [-0.2, -0.15) is 0 Å². The van der Waals surface area contributed by atoms with Crippen LogP contribution in [0.3, 0.4) is 0 Å². The van der Waals surface area contributed by atoms with E-state index in [-0.39, 0.29) is 0 Å². The van der Waals surface area contributed by atoms with Crippen molar-refractivity contribution in [2.24, 2.45) is 0 Å². The predicted molar refractivity (Wildman–Crippen MR) is 67.5 cm³/mol. The molecule has 0 radical (unpaired) electrons. The number of hydrogen-bond donors (Lipinski definition) is 7. The maximum Gasteiger partial charge on any atom is 0.378 e. The minimum atomic E-state index is -1.79. The van der Waals surface area contributed by atoms with Gasteiger partial charge in [0.15, 0.2) is 11.9 Å². The van der Waals surface area contributed by atoms with E-state index in [1.165, 1.54) is 0 Å². The molecule has 0 bridgehead atoms. The summed E-state index contributed by atoms with van der Waals surface area (Å²) in [5.41, 5.74) is 0. The van der Waals surface area contributed by atoms with Gasteiger partial charge < -0.3 is 50.0 Å². The van der Waals surface area contributed by atoms with Crippen LogP contribution in [-0.2, 0) is 19.0 Å². The molecule has 11 heteroatoms. The van der Waals surface area contributed by atoms with Crippen molar-refractivity contribution >= 4 is 5.97 Å². The van der Waals surface area contributed by atoms with Gasteiger partial charge in [-0.05, 0) is 0 Å². The number of esters is 1. The molecule has 2 aliphatic heterocycles. The number of rotatable bonds is 5. The number of carbonyl (C=O) groups is 1. The number of ether oxygens (including phenoxy) is 3. The molecule has 0 saturated carbocycles. The fourth-order valence-electron chi connectivity index (χ4n) is 2.20. The van der Waals surface area contributed by atoms with Crippen molar-refractivity contribution in [3.63, 3.8) is 0 Å². The summed E-state index contributed by atoms with van der Waals surface area (Å²) in [5, 5.41) is 66.1. The average Bonchev–Trinajstić information content (AvgIpc) is 2.82. The molecule has 0 aromatic heterocycles. The van der Waals surface area contributed by atoms with Crippen LogP contribution in [-0.4, -0.2) is 97.8 Å². The third-order valence-corrected chi connectivity index (χ3v) is 3.54. The summed E-state index contributed by atoms with van der Waals surface area (Å²) in [6.45, 7) is -1.50. The summed E-state index contributed by atoms with van der Waals surface area (Å²) in [6.07, 6.45) is -11.2. The molecule has 23 heavy (non-hydrogen) atoms. The first-order valence-corrected chi connectivity index (χ1v) is 6.72. The van der Waals surface area contributed by atoms with Crippen molar-refractivity contribution in [2.45, 2.75) is 42.9 Å². The molecule has 0 aromatic carbocycles. The molecule has 7 atom stereocenters. The van der Waals surface area contributed by atoms with Crippen molar-refractivity contribution < 1.29 is 54.8 Å². The molecule has 0 aromatic rings. The Balaban J connectivity index is 2.16. The minimum absolute atomic E-state index is 0.702. The molecule has 2 aliphatic rings. The second-order valence-corrected chi connectivity index (χ2v) is 5.11. The van der Waals surface area contributed by atoms with Crippen molar-refractivity contribution in [1.82, 2.24) is 0 Å². The fraction of sp³-hybridized carbons (Fsp3) is 0.750. The predicted octanol–water partition coefficient (Wildman–Crippen LogP) is -4.15. The van der Waals surface area contributed by atoms with Crippen molar-refractivity contribution in [1.29, 1.82) is 0 Å². The number of aliphatic hydroxyl groups is 7. The van der Waals surface area contributed by atoms with E-state index in [9.17, 15) is 30.3 Å². The SMILES string of the molecule is O=C1OC([C@@H](O)CO)C(O)=C1O[C@H]1OC(CO)[C@@H](O)C(O)[C@H]1O. The highest BCUT2D eigenvalue weighted by atomic mass is 16.7. The van der Waals surface area contributed by atoms with Crippen LogP contribution in [0.1, 0.15) is 0 Å². The summed E-state index contributed by atoms with van der Waals surface area (Å²) in [4.78, 5) is 11.6. The Hall–Kier alpha value is -1.47. The van der Waals surface area contributed by atoms with E-state index in [2.05, 4.69) is 4.74 Å². The highest BCUT2D eigenvalue weighted by molar-refractivity contribution is 5.89. The van der Waals surface area contributed by atoms with Gasteiger partial charge in [-0.3, -0.25) is 0 Å². The van der Waals surface area contributed by atoms with Gasteiger partial charge in [0.25, 0.3) is 0 Å². The van der Waals surface area contributed by atoms with E-state index >= 15 is 0 Å². The minimum Gasteiger partial charge on any atom is -0.505 e. The Morgan fingerprint density at radius 3 is 2.35 bits per heavy atom. The first-order chi connectivity index (χ1) is 10.8. The second-order valence-electron chi connectivity index (χ2n) is 5.11. The molecule has 0 amide bonds. The van der Waals surface area contributed by atoms with E-state index in [0.29, 0.717) is 0 Å². The van der Waals surface area contributed by atoms with E-state index in [1.54, 1.807) is 0 Å². The first kappa shape index (κ1) is 17.9. The van der Waals surface area contributed by atoms with Gasteiger partial charge in [0.1, 0.15) is 30.5 Å². The van der Waals surface area contributed by atoms with Crippen molar-refractivity contribution in [3.8, 4) is 0 Å². The summed E-state index contributed by atoms with van der Waals surface area (Å²) in [6, 6.07) is 0. The summed E-state index contributed by atoms with van der Waals surface area (Å²) in [7, 11) is 0. The largest absolute Gasteiger partial charge is 0.505 e. The van der Waals surface area contributed by atoms with Crippen LogP contribution in [0.5, 0.6) is 0 Å². The zero-order valence-electron chi connectivity index (χ0n) is 11.7. The summed E-state index contributed by atoms with van der Waals surface area (Å²) >= 11 is 0. The van der Waals surface area contributed by atoms with E-state index in [0.717, 1.165) is 0 Å². The lowest BCUT2D eigenvalue weighted by Gasteiger charge is -2.39. The highest BCUT2D eigenvalue weighted by Gasteiger charge is 2.48. The molecule has 2 heterocycles.